The van der Waals surface area contributed by atoms with Crippen molar-refractivity contribution in [2.45, 2.75) is 51.0 Å². The molecular formula is C19H25ClN2O4. The highest BCUT2D eigenvalue weighted by Crippen LogP contribution is 2.38. The number of rotatable bonds is 6. The summed E-state index contributed by atoms with van der Waals surface area (Å²) in [7, 11) is 0. The third-order valence-electron chi connectivity index (χ3n) is 4.98. The van der Waals surface area contributed by atoms with E-state index in [0.717, 1.165) is 31.2 Å². The van der Waals surface area contributed by atoms with Gasteiger partial charge in [-0.3, -0.25) is 9.59 Å². The first-order chi connectivity index (χ1) is 12.6. The summed E-state index contributed by atoms with van der Waals surface area (Å²) in [5.74, 6) is 0.656. The van der Waals surface area contributed by atoms with Gasteiger partial charge in [-0.05, 0) is 31.4 Å². The van der Waals surface area contributed by atoms with Gasteiger partial charge in [-0.15, -0.1) is 11.6 Å². The molecule has 2 aliphatic rings. The molecule has 1 unspecified atom stereocenters. The average Bonchev–Trinajstić information content (AvgIpc) is 2.67. The molecule has 1 fully saturated rings. The van der Waals surface area contributed by atoms with Crippen LogP contribution in [0.25, 0.3) is 0 Å². The van der Waals surface area contributed by atoms with E-state index in [9.17, 15) is 14.7 Å². The number of carbonyl (C=O) groups is 2. The SMILES string of the molecule is O=C1CCc2c(OCC(O)CCl)ccc(NC(=O)C3CCCCC3)c2N1. The van der Waals surface area contributed by atoms with E-state index >= 15 is 0 Å². The Labute approximate surface area is 158 Å². The molecule has 6 nitrogen and oxygen atoms in total. The zero-order chi connectivity index (χ0) is 18.5. The van der Waals surface area contributed by atoms with Crippen LogP contribution in [-0.4, -0.2) is 35.5 Å². The van der Waals surface area contributed by atoms with Crippen LogP contribution in [0.3, 0.4) is 0 Å². The lowest BCUT2D eigenvalue weighted by molar-refractivity contribution is -0.120. The minimum Gasteiger partial charge on any atom is -0.490 e. The van der Waals surface area contributed by atoms with Gasteiger partial charge >= 0.3 is 0 Å². The molecule has 142 valence electrons. The molecule has 0 spiro atoms. The van der Waals surface area contributed by atoms with E-state index in [2.05, 4.69) is 10.6 Å². The molecule has 1 atom stereocenters. The Balaban J connectivity index is 1.79. The first-order valence-corrected chi connectivity index (χ1v) is 9.75. The Bertz CT molecular complexity index is 674. The lowest BCUT2D eigenvalue weighted by Crippen LogP contribution is -2.27. The second kappa shape index (κ2) is 8.73. The number of benzene rings is 1. The highest BCUT2D eigenvalue weighted by Gasteiger charge is 2.26. The quantitative estimate of drug-likeness (QED) is 0.662. The summed E-state index contributed by atoms with van der Waals surface area (Å²) >= 11 is 5.60. The van der Waals surface area contributed by atoms with Crippen LogP contribution in [-0.2, 0) is 16.0 Å². The van der Waals surface area contributed by atoms with E-state index in [1.807, 2.05) is 0 Å². The van der Waals surface area contributed by atoms with E-state index in [0.29, 0.717) is 30.0 Å². The zero-order valence-electron chi connectivity index (χ0n) is 14.7. The summed E-state index contributed by atoms with van der Waals surface area (Å²) in [6, 6.07) is 3.52. The molecular weight excluding hydrogens is 356 g/mol. The van der Waals surface area contributed by atoms with Crippen molar-refractivity contribution in [3.05, 3.63) is 17.7 Å². The largest absolute Gasteiger partial charge is 0.490 e. The Morgan fingerprint density at radius 1 is 1.31 bits per heavy atom. The number of carbonyl (C=O) groups excluding carboxylic acids is 2. The Morgan fingerprint density at radius 3 is 2.81 bits per heavy atom. The predicted molar refractivity (Wildman–Crippen MR) is 101 cm³/mol. The summed E-state index contributed by atoms with van der Waals surface area (Å²) in [5.41, 5.74) is 2.05. The van der Waals surface area contributed by atoms with Crippen molar-refractivity contribution < 1.29 is 19.4 Å². The number of ether oxygens (including phenoxy) is 1. The van der Waals surface area contributed by atoms with Crippen molar-refractivity contribution in [2.75, 3.05) is 23.1 Å². The number of anilines is 2. The number of halogens is 1. The minimum absolute atomic E-state index is 0.0120. The molecule has 1 aliphatic carbocycles. The second-order valence-electron chi connectivity index (χ2n) is 6.96. The summed E-state index contributed by atoms with van der Waals surface area (Å²) in [4.78, 5) is 24.4. The topological polar surface area (TPSA) is 87.7 Å². The fraction of sp³-hybridized carbons (Fsp3) is 0.579. The van der Waals surface area contributed by atoms with Crippen molar-refractivity contribution in [1.29, 1.82) is 0 Å². The van der Waals surface area contributed by atoms with Gasteiger partial charge in [-0.25, -0.2) is 0 Å². The van der Waals surface area contributed by atoms with Crippen LogP contribution in [0.1, 0.15) is 44.1 Å². The van der Waals surface area contributed by atoms with Crippen molar-refractivity contribution in [2.24, 2.45) is 5.92 Å². The van der Waals surface area contributed by atoms with Crippen molar-refractivity contribution in [3.8, 4) is 5.75 Å². The molecule has 1 aliphatic heterocycles. The van der Waals surface area contributed by atoms with Crippen LogP contribution >= 0.6 is 11.6 Å². The van der Waals surface area contributed by atoms with Crippen LogP contribution in [0, 0.1) is 5.92 Å². The molecule has 0 radical (unpaired) electrons. The van der Waals surface area contributed by atoms with Crippen LogP contribution in [0.15, 0.2) is 12.1 Å². The third kappa shape index (κ3) is 4.48. The minimum atomic E-state index is -0.754. The highest BCUT2D eigenvalue weighted by atomic mass is 35.5. The molecule has 3 N–H and O–H groups in total. The lowest BCUT2D eigenvalue weighted by atomic mass is 9.88. The van der Waals surface area contributed by atoms with Crippen molar-refractivity contribution >= 4 is 34.8 Å². The molecule has 1 saturated carbocycles. The van der Waals surface area contributed by atoms with Crippen LogP contribution < -0.4 is 15.4 Å². The van der Waals surface area contributed by atoms with E-state index in [-0.39, 0.29) is 30.2 Å². The summed E-state index contributed by atoms with van der Waals surface area (Å²) < 4.78 is 5.67. The van der Waals surface area contributed by atoms with E-state index in [1.54, 1.807) is 12.1 Å². The molecule has 1 aromatic rings. The Morgan fingerprint density at radius 2 is 2.08 bits per heavy atom. The number of amides is 2. The molecule has 26 heavy (non-hydrogen) atoms. The molecule has 3 rings (SSSR count). The number of hydrogen-bond acceptors (Lipinski definition) is 4. The zero-order valence-corrected chi connectivity index (χ0v) is 15.5. The van der Waals surface area contributed by atoms with Crippen molar-refractivity contribution in [3.63, 3.8) is 0 Å². The Hall–Kier alpha value is -1.79. The number of aliphatic hydroxyl groups excluding tert-OH is 1. The van der Waals surface area contributed by atoms with Gasteiger partial charge in [-0.1, -0.05) is 19.3 Å². The van der Waals surface area contributed by atoms with Gasteiger partial charge in [0, 0.05) is 17.9 Å². The summed E-state index contributed by atoms with van der Waals surface area (Å²) in [6.45, 7) is 0.0810. The van der Waals surface area contributed by atoms with E-state index < -0.39 is 6.10 Å². The molecule has 7 heteroatoms. The second-order valence-corrected chi connectivity index (χ2v) is 7.26. The normalized spacial score (nSPS) is 18.6. The maximum Gasteiger partial charge on any atom is 0.227 e. The number of alkyl halides is 1. The Kier molecular flexibility index (Phi) is 6.38. The van der Waals surface area contributed by atoms with Crippen LogP contribution in [0.4, 0.5) is 11.4 Å². The number of fused-ring (bicyclic) bond motifs is 1. The molecule has 1 aromatic carbocycles. The maximum atomic E-state index is 12.6. The predicted octanol–water partition coefficient (Wildman–Crippen LogP) is 3.07. The van der Waals surface area contributed by atoms with Gasteiger partial charge in [0.2, 0.25) is 11.8 Å². The average molecular weight is 381 g/mol. The van der Waals surface area contributed by atoms with E-state index in [4.69, 9.17) is 16.3 Å². The molecule has 0 bridgehead atoms. The van der Waals surface area contributed by atoms with Gasteiger partial charge in [0.05, 0.1) is 17.3 Å². The monoisotopic (exact) mass is 380 g/mol. The van der Waals surface area contributed by atoms with Crippen LogP contribution in [0.2, 0.25) is 0 Å². The molecule has 2 amide bonds. The maximum absolute atomic E-state index is 12.6. The lowest BCUT2D eigenvalue weighted by Gasteiger charge is -2.25. The first kappa shape index (κ1) is 19.0. The fourth-order valence-electron chi connectivity index (χ4n) is 3.53. The standard InChI is InChI=1S/C19H25ClN2O4/c20-10-13(23)11-26-16-8-7-15(18-14(16)6-9-17(24)22-18)21-19(25)12-4-2-1-3-5-12/h7-8,12-13,23H,1-6,9-11H2,(H,21,25)(H,22,24). The summed E-state index contributed by atoms with van der Waals surface area (Å²) in [6.07, 6.45) is 5.33. The van der Waals surface area contributed by atoms with Gasteiger partial charge in [0.15, 0.2) is 0 Å². The fourth-order valence-corrected chi connectivity index (χ4v) is 3.62. The summed E-state index contributed by atoms with van der Waals surface area (Å²) in [5, 5.41) is 15.4. The number of hydrogen-bond donors (Lipinski definition) is 3. The molecule has 0 saturated heterocycles. The highest BCUT2D eigenvalue weighted by molar-refractivity contribution is 6.18. The first-order valence-electron chi connectivity index (χ1n) is 9.22. The van der Waals surface area contributed by atoms with E-state index in [1.165, 1.54) is 6.42 Å². The molecule has 0 aromatic heterocycles. The third-order valence-corrected chi connectivity index (χ3v) is 5.34. The number of nitrogens with one attached hydrogen (secondary N) is 2. The van der Waals surface area contributed by atoms with Crippen LogP contribution in [0.5, 0.6) is 5.75 Å². The van der Waals surface area contributed by atoms with Gasteiger partial charge in [0.1, 0.15) is 18.5 Å². The van der Waals surface area contributed by atoms with Gasteiger partial charge < -0.3 is 20.5 Å². The molecule has 1 heterocycles. The van der Waals surface area contributed by atoms with Gasteiger partial charge in [-0.2, -0.15) is 0 Å². The smallest absolute Gasteiger partial charge is 0.227 e. The van der Waals surface area contributed by atoms with Gasteiger partial charge in [0.25, 0.3) is 0 Å². The number of aliphatic hydroxyl groups is 1. The van der Waals surface area contributed by atoms with Crippen molar-refractivity contribution in [1.82, 2.24) is 0 Å².